The molecule has 0 saturated carbocycles. The van der Waals surface area contributed by atoms with Gasteiger partial charge in [0.2, 0.25) is 0 Å². The van der Waals surface area contributed by atoms with Gasteiger partial charge >= 0.3 is 0 Å². The second kappa shape index (κ2) is 8.89. The number of hydrogen-bond acceptors (Lipinski definition) is 5. The number of piperazine rings is 1. The van der Waals surface area contributed by atoms with Gasteiger partial charge in [0, 0.05) is 32.7 Å². The highest BCUT2D eigenvalue weighted by Gasteiger charge is 2.41. The lowest BCUT2D eigenvalue weighted by Crippen LogP contribution is -2.46. The van der Waals surface area contributed by atoms with E-state index in [2.05, 4.69) is 4.90 Å². The molecule has 0 radical (unpaired) electrons. The molecular weight excluding hydrogens is 397 g/mol. The maximum atomic E-state index is 13.5. The van der Waals surface area contributed by atoms with Gasteiger partial charge in [-0.05, 0) is 48.9 Å². The summed E-state index contributed by atoms with van der Waals surface area (Å²) in [7, 11) is 3.65. The lowest BCUT2D eigenvalue weighted by Gasteiger charge is -2.34. The molecule has 0 N–H and O–H groups in total. The molecule has 0 spiro atoms. The Balaban J connectivity index is 1.60. The summed E-state index contributed by atoms with van der Waals surface area (Å²) in [5.74, 6) is -0.213. The van der Waals surface area contributed by atoms with Crippen molar-refractivity contribution in [2.24, 2.45) is 0 Å². The SMILES string of the molecule is COc1ccc(CCN2C(=O)C(c3ccc(F)cc3)=C(N3CCN(C)CC3)C2=O)cc1. The van der Waals surface area contributed by atoms with Gasteiger partial charge in [-0.2, -0.15) is 0 Å². The highest BCUT2D eigenvalue weighted by Crippen LogP contribution is 2.32. The van der Waals surface area contributed by atoms with E-state index in [0.717, 1.165) is 24.4 Å². The van der Waals surface area contributed by atoms with Crippen molar-refractivity contribution in [3.63, 3.8) is 0 Å². The number of carbonyl (C=O) groups is 2. The van der Waals surface area contributed by atoms with Crippen molar-refractivity contribution < 1.29 is 18.7 Å². The van der Waals surface area contributed by atoms with Crippen molar-refractivity contribution in [2.75, 3.05) is 46.9 Å². The number of amides is 2. The molecule has 0 aromatic heterocycles. The van der Waals surface area contributed by atoms with E-state index in [4.69, 9.17) is 4.74 Å². The van der Waals surface area contributed by atoms with Crippen LogP contribution in [0.4, 0.5) is 4.39 Å². The summed E-state index contributed by atoms with van der Waals surface area (Å²) >= 11 is 0. The molecule has 7 heteroatoms. The maximum Gasteiger partial charge on any atom is 0.277 e. The fourth-order valence-electron chi connectivity index (χ4n) is 4.00. The fourth-order valence-corrected chi connectivity index (χ4v) is 4.00. The summed E-state index contributed by atoms with van der Waals surface area (Å²) in [5, 5.41) is 0. The Labute approximate surface area is 181 Å². The zero-order chi connectivity index (χ0) is 22.0. The zero-order valence-electron chi connectivity index (χ0n) is 17.8. The normalized spacial score (nSPS) is 17.6. The first-order chi connectivity index (χ1) is 15.0. The van der Waals surface area contributed by atoms with Crippen LogP contribution >= 0.6 is 0 Å². The quantitative estimate of drug-likeness (QED) is 0.668. The Morgan fingerprint density at radius 3 is 2.16 bits per heavy atom. The number of hydrogen-bond donors (Lipinski definition) is 0. The standard InChI is InChI=1S/C24H26FN3O3/c1-26-13-15-27(16-14-26)22-21(18-5-7-19(25)8-6-18)23(29)28(24(22)30)12-11-17-3-9-20(31-2)10-4-17/h3-10H,11-16H2,1-2H3. The highest BCUT2D eigenvalue weighted by molar-refractivity contribution is 6.35. The van der Waals surface area contributed by atoms with Gasteiger partial charge in [-0.15, -0.1) is 0 Å². The number of imide groups is 1. The number of carbonyl (C=O) groups excluding carboxylic acids is 2. The lowest BCUT2D eigenvalue weighted by atomic mass is 10.0. The second-order valence-corrected chi connectivity index (χ2v) is 7.88. The van der Waals surface area contributed by atoms with Crippen molar-refractivity contribution in [3.8, 4) is 5.75 Å². The summed E-state index contributed by atoms with van der Waals surface area (Å²) in [5.41, 5.74) is 2.38. The number of benzene rings is 2. The molecule has 6 nitrogen and oxygen atoms in total. The third-order valence-electron chi connectivity index (χ3n) is 5.88. The average molecular weight is 423 g/mol. The van der Waals surface area contributed by atoms with Crippen molar-refractivity contribution in [1.29, 1.82) is 0 Å². The largest absolute Gasteiger partial charge is 0.497 e. The molecule has 1 saturated heterocycles. The van der Waals surface area contributed by atoms with Crippen LogP contribution in [-0.4, -0.2) is 73.4 Å². The van der Waals surface area contributed by atoms with E-state index in [1.165, 1.54) is 17.0 Å². The van der Waals surface area contributed by atoms with Crippen LogP contribution in [-0.2, 0) is 16.0 Å². The number of rotatable bonds is 6. The average Bonchev–Trinajstić information content (AvgIpc) is 3.03. The van der Waals surface area contributed by atoms with Gasteiger partial charge in [-0.25, -0.2) is 4.39 Å². The monoisotopic (exact) mass is 423 g/mol. The maximum absolute atomic E-state index is 13.5. The summed E-state index contributed by atoms with van der Waals surface area (Å²) in [6.45, 7) is 3.25. The Morgan fingerprint density at radius 2 is 1.55 bits per heavy atom. The third-order valence-corrected chi connectivity index (χ3v) is 5.88. The number of likely N-dealkylation sites (N-methyl/N-ethyl adjacent to an activating group) is 1. The first kappa shape index (κ1) is 21.1. The van der Waals surface area contributed by atoms with Crippen LogP contribution in [0.3, 0.4) is 0 Å². The van der Waals surface area contributed by atoms with Crippen LogP contribution in [0.2, 0.25) is 0 Å². The summed E-state index contributed by atoms with van der Waals surface area (Å²) in [6, 6.07) is 13.4. The smallest absolute Gasteiger partial charge is 0.277 e. The first-order valence-electron chi connectivity index (χ1n) is 10.4. The van der Waals surface area contributed by atoms with Crippen molar-refractivity contribution >= 4 is 17.4 Å². The Hall–Kier alpha value is -3.19. The van der Waals surface area contributed by atoms with Crippen LogP contribution in [0.15, 0.2) is 54.2 Å². The number of ether oxygens (including phenoxy) is 1. The molecule has 2 aromatic rings. The molecule has 0 unspecified atom stereocenters. The molecule has 2 heterocycles. The zero-order valence-corrected chi connectivity index (χ0v) is 17.8. The molecule has 2 aliphatic heterocycles. The van der Waals surface area contributed by atoms with E-state index in [1.54, 1.807) is 19.2 Å². The van der Waals surface area contributed by atoms with E-state index in [1.807, 2.05) is 36.2 Å². The molecule has 2 amide bonds. The first-order valence-corrected chi connectivity index (χ1v) is 10.4. The van der Waals surface area contributed by atoms with Gasteiger partial charge in [-0.3, -0.25) is 14.5 Å². The molecule has 0 bridgehead atoms. The highest BCUT2D eigenvalue weighted by atomic mass is 19.1. The Morgan fingerprint density at radius 1 is 0.903 bits per heavy atom. The van der Waals surface area contributed by atoms with Gasteiger partial charge in [0.25, 0.3) is 11.8 Å². The topological polar surface area (TPSA) is 53.1 Å². The lowest BCUT2D eigenvalue weighted by molar-refractivity contribution is -0.137. The van der Waals surface area contributed by atoms with Gasteiger partial charge in [0.05, 0.1) is 12.7 Å². The molecule has 4 rings (SSSR count). The van der Waals surface area contributed by atoms with Gasteiger partial charge in [-0.1, -0.05) is 24.3 Å². The molecule has 0 atom stereocenters. The van der Waals surface area contributed by atoms with E-state index >= 15 is 0 Å². The van der Waals surface area contributed by atoms with Crippen LogP contribution in [0, 0.1) is 5.82 Å². The fraction of sp³-hybridized carbons (Fsp3) is 0.333. The minimum absolute atomic E-state index is 0.276. The molecule has 2 aromatic carbocycles. The van der Waals surface area contributed by atoms with Gasteiger partial charge in [0.15, 0.2) is 0 Å². The Bertz CT molecular complexity index is 994. The van der Waals surface area contributed by atoms with E-state index < -0.39 is 0 Å². The molecular formula is C24H26FN3O3. The second-order valence-electron chi connectivity index (χ2n) is 7.88. The molecule has 162 valence electrons. The van der Waals surface area contributed by atoms with E-state index in [9.17, 15) is 14.0 Å². The van der Waals surface area contributed by atoms with Crippen LogP contribution in [0.1, 0.15) is 11.1 Å². The van der Waals surface area contributed by atoms with Crippen LogP contribution in [0.5, 0.6) is 5.75 Å². The minimum atomic E-state index is -0.376. The van der Waals surface area contributed by atoms with Crippen molar-refractivity contribution in [1.82, 2.24) is 14.7 Å². The van der Waals surface area contributed by atoms with Crippen LogP contribution < -0.4 is 4.74 Å². The predicted molar refractivity (Wildman–Crippen MR) is 116 cm³/mol. The van der Waals surface area contributed by atoms with Gasteiger partial charge < -0.3 is 14.5 Å². The number of halogens is 1. The number of nitrogens with zero attached hydrogens (tertiary/aromatic N) is 3. The van der Waals surface area contributed by atoms with Crippen molar-refractivity contribution in [2.45, 2.75) is 6.42 Å². The molecule has 1 fully saturated rings. The summed E-state index contributed by atoms with van der Waals surface area (Å²) in [4.78, 5) is 32.2. The molecule has 2 aliphatic rings. The minimum Gasteiger partial charge on any atom is -0.497 e. The number of methoxy groups -OCH3 is 1. The van der Waals surface area contributed by atoms with Crippen LogP contribution in [0.25, 0.3) is 5.57 Å². The molecule has 31 heavy (non-hydrogen) atoms. The third kappa shape index (κ3) is 4.32. The summed E-state index contributed by atoms with van der Waals surface area (Å²) in [6.07, 6.45) is 0.550. The summed E-state index contributed by atoms with van der Waals surface area (Å²) < 4.78 is 18.7. The van der Waals surface area contributed by atoms with Crippen molar-refractivity contribution in [3.05, 3.63) is 71.2 Å². The Kier molecular flexibility index (Phi) is 6.04. The predicted octanol–water partition coefficient (Wildman–Crippen LogP) is 2.40. The van der Waals surface area contributed by atoms with E-state index in [0.29, 0.717) is 36.3 Å². The van der Waals surface area contributed by atoms with Gasteiger partial charge in [0.1, 0.15) is 17.3 Å². The van der Waals surface area contributed by atoms with E-state index in [-0.39, 0.29) is 24.2 Å². The molecule has 0 aliphatic carbocycles.